The number of hydrogen-bond acceptors (Lipinski definition) is 4. The number of methoxy groups -OCH3 is 1. The Morgan fingerprint density at radius 1 is 1.19 bits per heavy atom. The topological polar surface area (TPSA) is 58.6 Å². The summed E-state index contributed by atoms with van der Waals surface area (Å²) in [6.45, 7) is 2.24. The van der Waals surface area contributed by atoms with Gasteiger partial charge in [0.1, 0.15) is 0 Å². The van der Waals surface area contributed by atoms with Crippen LogP contribution < -0.4 is 10.1 Å². The molecule has 0 aliphatic rings. The monoisotopic (exact) mass is 390 g/mol. The van der Waals surface area contributed by atoms with Gasteiger partial charge in [0.05, 0.1) is 18.6 Å². The molecule has 0 unspecified atom stereocenters. The van der Waals surface area contributed by atoms with E-state index in [1.54, 1.807) is 13.1 Å². The fourth-order valence-corrected chi connectivity index (χ4v) is 3.19. The second-order valence-corrected chi connectivity index (χ2v) is 7.11. The first kappa shape index (κ1) is 20.8. The largest absolute Gasteiger partial charge is 0.494 e. The van der Waals surface area contributed by atoms with Crippen LogP contribution in [0, 0.1) is 12.7 Å². The molecule has 7 heteroatoms. The summed E-state index contributed by atoms with van der Waals surface area (Å²) in [5.41, 5.74) is 2.48. The molecule has 0 radical (unpaired) electrons. The summed E-state index contributed by atoms with van der Waals surface area (Å²) in [6.07, 6.45) is 0. The van der Waals surface area contributed by atoms with Gasteiger partial charge < -0.3 is 15.0 Å². The standard InChI is InChI=1S/C20H23FN2O3S/c1-14-5-4-6-16(9-14)22-19(24)12-27-13-20(25)23(2)11-15-7-8-18(26-3)17(21)10-15/h4-10H,11-13H2,1-3H3,(H,22,24). The average Bonchev–Trinajstić information content (AvgIpc) is 2.61. The predicted molar refractivity (Wildman–Crippen MR) is 107 cm³/mol. The van der Waals surface area contributed by atoms with Crippen LogP contribution in [0.4, 0.5) is 10.1 Å². The highest BCUT2D eigenvalue weighted by Gasteiger charge is 2.12. The smallest absolute Gasteiger partial charge is 0.234 e. The maximum atomic E-state index is 13.7. The molecule has 0 saturated heterocycles. The number of anilines is 1. The van der Waals surface area contributed by atoms with Gasteiger partial charge in [-0.3, -0.25) is 9.59 Å². The van der Waals surface area contributed by atoms with Crippen LogP contribution >= 0.6 is 11.8 Å². The second kappa shape index (κ2) is 9.97. The number of hydrogen-bond donors (Lipinski definition) is 1. The molecule has 0 aliphatic heterocycles. The molecule has 0 atom stereocenters. The molecule has 2 aromatic carbocycles. The number of amides is 2. The normalized spacial score (nSPS) is 10.4. The van der Waals surface area contributed by atoms with Gasteiger partial charge in [0.15, 0.2) is 11.6 Å². The Morgan fingerprint density at radius 2 is 1.96 bits per heavy atom. The molecule has 2 amide bonds. The highest BCUT2D eigenvalue weighted by atomic mass is 32.2. The third kappa shape index (κ3) is 6.60. The maximum Gasteiger partial charge on any atom is 0.234 e. The summed E-state index contributed by atoms with van der Waals surface area (Å²) in [5, 5.41) is 2.80. The predicted octanol–water partition coefficient (Wildman–Crippen LogP) is 3.47. The van der Waals surface area contributed by atoms with E-state index in [-0.39, 0.29) is 35.6 Å². The maximum absolute atomic E-state index is 13.7. The molecule has 0 spiro atoms. The van der Waals surface area contributed by atoms with E-state index in [9.17, 15) is 14.0 Å². The Bertz CT molecular complexity index is 814. The third-order valence-corrected chi connectivity index (χ3v) is 4.74. The summed E-state index contributed by atoms with van der Waals surface area (Å²) in [4.78, 5) is 25.7. The Labute approximate surface area is 162 Å². The van der Waals surface area contributed by atoms with E-state index < -0.39 is 5.82 Å². The number of aryl methyl sites for hydroxylation is 1. The molecule has 2 rings (SSSR count). The molecule has 0 aliphatic carbocycles. The number of nitrogens with zero attached hydrogens (tertiary/aromatic N) is 1. The van der Waals surface area contributed by atoms with Gasteiger partial charge in [-0.2, -0.15) is 0 Å². The van der Waals surface area contributed by atoms with Gasteiger partial charge in [0.25, 0.3) is 0 Å². The van der Waals surface area contributed by atoms with Crippen molar-refractivity contribution in [1.29, 1.82) is 0 Å². The minimum Gasteiger partial charge on any atom is -0.494 e. The fourth-order valence-electron chi connectivity index (χ4n) is 2.43. The summed E-state index contributed by atoms with van der Waals surface area (Å²) in [7, 11) is 3.05. The quantitative estimate of drug-likeness (QED) is 0.750. The van der Waals surface area contributed by atoms with Crippen molar-refractivity contribution in [2.45, 2.75) is 13.5 Å². The number of thioether (sulfide) groups is 1. The van der Waals surface area contributed by atoms with Crippen LogP contribution in [0.1, 0.15) is 11.1 Å². The molecule has 0 aromatic heterocycles. The first-order valence-corrected chi connectivity index (χ1v) is 9.55. The third-order valence-electron chi connectivity index (χ3n) is 3.82. The van der Waals surface area contributed by atoms with Crippen LogP contribution in [-0.4, -0.2) is 42.4 Å². The summed E-state index contributed by atoms with van der Waals surface area (Å²) in [6, 6.07) is 12.1. The van der Waals surface area contributed by atoms with Crippen LogP contribution in [0.5, 0.6) is 5.75 Å². The molecular formula is C20H23FN2O3S. The van der Waals surface area contributed by atoms with E-state index in [1.165, 1.54) is 35.9 Å². The zero-order valence-electron chi connectivity index (χ0n) is 15.6. The van der Waals surface area contributed by atoms with Gasteiger partial charge in [-0.15, -0.1) is 11.8 Å². The van der Waals surface area contributed by atoms with E-state index in [1.807, 2.05) is 31.2 Å². The Hall–Kier alpha value is -2.54. The van der Waals surface area contributed by atoms with Crippen molar-refractivity contribution in [2.24, 2.45) is 0 Å². The molecule has 0 heterocycles. The highest BCUT2D eigenvalue weighted by molar-refractivity contribution is 8.00. The van der Waals surface area contributed by atoms with Crippen molar-refractivity contribution in [3.05, 3.63) is 59.4 Å². The lowest BCUT2D eigenvalue weighted by molar-refractivity contribution is -0.127. The van der Waals surface area contributed by atoms with E-state index in [0.29, 0.717) is 5.56 Å². The minimum absolute atomic E-state index is 0.125. The van der Waals surface area contributed by atoms with Crippen molar-refractivity contribution in [2.75, 3.05) is 31.0 Å². The number of carbonyl (C=O) groups excluding carboxylic acids is 2. The van der Waals surface area contributed by atoms with Crippen LogP contribution in [0.25, 0.3) is 0 Å². The molecule has 27 heavy (non-hydrogen) atoms. The first-order chi connectivity index (χ1) is 12.9. The summed E-state index contributed by atoms with van der Waals surface area (Å²) < 4.78 is 18.6. The molecule has 0 bridgehead atoms. The van der Waals surface area contributed by atoms with Gasteiger partial charge >= 0.3 is 0 Å². The lowest BCUT2D eigenvalue weighted by Crippen LogP contribution is -2.28. The molecule has 1 N–H and O–H groups in total. The zero-order valence-corrected chi connectivity index (χ0v) is 16.4. The number of nitrogens with one attached hydrogen (secondary N) is 1. The van der Waals surface area contributed by atoms with Crippen molar-refractivity contribution in [3.8, 4) is 5.75 Å². The second-order valence-electron chi connectivity index (χ2n) is 6.13. The van der Waals surface area contributed by atoms with Gasteiger partial charge in [-0.05, 0) is 42.3 Å². The molecule has 0 fully saturated rings. The number of rotatable bonds is 8. The van der Waals surface area contributed by atoms with Crippen LogP contribution in [0.2, 0.25) is 0 Å². The molecule has 144 valence electrons. The number of halogens is 1. The molecular weight excluding hydrogens is 367 g/mol. The van der Waals surface area contributed by atoms with Gasteiger partial charge in [-0.1, -0.05) is 18.2 Å². The molecule has 2 aromatic rings. The van der Waals surface area contributed by atoms with Crippen LogP contribution in [0.3, 0.4) is 0 Å². The van der Waals surface area contributed by atoms with Crippen molar-refractivity contribution < 1.29 is 18.7 Å². The Balaban J connectivity index is 1.76. The van der Waals surface area contributed by atoms with Gasteiger partial charge in [-0.25, -0.2) is 4.39 Å². The highest BCUT2D eigenvalue weighted by Crippen LogP contribution is 2.18. The molecule has 0 saturated carbocycles. The van der Waals surface area contributed by atoms with Crippen molar-refractivity contribution >= 4 is 29.3 Å². The van der Waals surface area contributed by atoms with Crippen molar-refractivity contribution in [1.82, 2.24) is 4.90 Å². The van der Waals surface area contributed by atoms with Crippen molar-refractivity contribution in [3.63, 3.8) is 0 Å². The number of ether oxygens (including phenoxy) is 1. The summed E-state index contributed by atoms with van der Waals surface area (Å²) in [5.74, 6) is -0.208. The minimum atomic E-state index is -0.460. The first-order valence-electron chi connectivity index (χ1n) is 8.39. The average molecular weight is 390 g/mol. The van der Waals surface area contributed by atoms with E-state index in [2.05, 4.69) is 5.32 Å². The zero-order chi connectivity index (χ0) is 19.8. The Morgan fingerprint density at radius 3 is 2.63 bits per heavy atom. The Kier molecular flexibility index (Phi) is 7.67. The fraction of sp³-hybridized carbons (Fsp3) is 0.300. The number of carbonyl (C=O) groups is 2. The summed E-state index contributed by atoms with van der Waals surface area (Å²) >= 11 is 1.24. The lowest BCUT2D eigenvalue weighted by Gasteiger charge is -2.17. The van der Waals surface area contributed by atoms with E-state index in [4.69, 9.17) is 4.74 Å². The van der Waals surface area contributed by atoms with E-state index >= 15 is 0 Å². The lowest BCUT2D eigenvalue weighted by atomic mass is 10.2. The molecule has 5 nitrogen and oxygen atoms in total. The van der Waals surface area contributed by atoms with Gasteiger partial charge in [0, 0.05) is 19.3 Å². The number of benzene rings is 2. The van der Waals surface area contributed by atoms with Crippen LogP contribution in [-0.2, 0) is 16.1 Å². The van der Waals surface area contributed by atoms with E-state index in [0.717, 1.165) is 11.3 Å². The SMILES string of the molecule is COc1ccc(CN(C)C(=O)CSCC(=O)Nc2cccc(C)c2)cc1F. The van der Waals surface area contributed by atoms with Gasteiger partial charge in [0.2, 0.25) is 11.8 Å². The van der Waals surface area contributed by atoms with Crippen LogP contribution in [0.15, 0.2) is 42.5 Å².